The van der Waals surface area contributed by atoms with Crippen molar-refractivity contribution in [3.63, 3.8) is 0 Å². The molecule has 1 unspecified atom stereocenters. The zero-order valence-electron chi connectivity index (χ0n) is 11.1. The molecule has 0 N–H and O–H groups in total. The quantitative estimate of drug-likeness (QED) is 0.761. The number of ketones is 1. The largest absolute Gasteiger partial charge is 0.293 e. The fourth-order valence-corrected chi connectivity index (χ4v) is 3.25. The maximum absolute atomic E-state index is 12.3. The number of hydrogen-bond acceptors (Lipinski definition) is 2. The Morgan fingerprint density at radius 2 is 2.11 bits per heavy atom. The van der Waals surface area contributed by atoms with E-state index in [1.165, 1.54) is 36.8 Å². The van der Waals surface area contributed by atoms with E-state index >= 15 is 0 Å². The van der Waals surface area contributed by atoms with Crippen molar-refractivity contribution in [1.29, 1.82) is 0 Å². The van der Waals surface area contributed by atoms with Gasteiger partial charge in [-0.2, -0.15) is 0 Å². The summed E-state index contributed by atoms with van der Waals surface area (Å²) in [6, 6.07) is 6.88. The number of rotatable bonds is 3. The van der Waals surface area contributed by atoms with E-state index in [0.29, 0.717) is 18.4 Å². The highest BCUT2D eigenvalue weighted by molar-refractivity contribution is 5.97. The van der Waals surface area contributed by atoms with Crippen LogP contribution in [0, 0.1) is 0 Å². The van der Waals surface area contributed by atoms with Crippen molar-refractivity contribution in [2.24, 2.45) is 0 Å². The molecule has 2 nitrogen and oxygen atoms in total. The minimum absolute atomic E-state index is 0.290. The van der Waals surface area contributed by atoms with Gasteiger partial charge in [-0.1, -0.05) is 12.1 Å². The summed E-state index contributed by atoms with van der Waals surface area (Å²) in [6.45, 7) is 3.90. The Morgan fingerprint density at radius 3 is 2.89 bits per heavy atom. The Morgan fingerprint density at radius 1 is 1.28 bits per heavy atom. The summed E-state index contributed by atoms with van der Waals surface area (Å²) >= 11 is 0. The molecular formula is C16H21NO. The Bertz CT molecular complexity index is 466. The van der Waals surface area contributed by atoms with E-state index in [0.717, 1.165) is 18.5 Å². The second-order valence-electron chi connectivity index (χ2n) is 5.72. The number of benzene rings is 1. The fraction of sp³-hybridized carbons (Fsp3) is 0.562. The maximum atomic E-state index is 12.3. The van der Waals surface area contributed by atoms with Gasteiger partial charge in [0.1, 0.15) is 0 Å². The van der Waals surface area contributed by atoms with E-state index in [4.69, 9.17) is 0 Å². The summed E-state index contributed by atoms with van der Waals surface area (Å²) in [7, 11) is 0. The normalized spacial score (nSPS) is 23.3. The van der Waals surface area contributed by atoms with E-state index in [2.05, 4.69) is 24.0 Å². The van der Waals surface area contributed by atoms with Crippen molar-refractivity contribution in [2.45, 2.75) is 45.1 Å². The number of nitrogens with zero attached hydrogens (tertiary/aromatic N) is 1. The van der Waals surface area contributed by atoms with Gasteiger partial charge in [0.05, 0.1) is 6.54 Å². The molecular weight excluding hydrogens is 222 g/mol. The molecule has 1 aliphatic heterocycles. The van der Waals surface area contributed by atoms with Crippen LogP contribution in [0.25, 0.3) is 0 Å². The lowest BCUT2D eigenvalue weighted by Gasteiger charge is -2.19. The van der Waals surface area contributed by atoms with Gasteiger partial charge in [0.25, 0.3) is 0 Å². The lowest BCUT2D eigenvalue weighted by Crippen LogP contribution is -2.32. The van der Waals surface area contributed by atoms with Crippen LogP contribution < -0.4 is 0 Å². The van der Waals surface area contributed by atoms with Crippen molar-refractivity contribution in [2.75, 3.05) is 13.1 Å². The number of carbonyl (C=O) groups is 1. The van der Waals surface area contributed by atoms with Gasteiger partial charge in [0, 0.05) is 11.6 Å². The van der Waals surface area contributed by atoms with Crippen LogP contribution in [0.2, 0.25) is 0 Å². The third-order valence-electron chi connectivity index (χ3n) is 4.46. The van der Waals surface area contributed by atoms with Crippen LogP contribution in [0.3, 0.4) is 0 Å². The number of aryl methyl sites for hydroxylation is 2. The smallest absolute Gasteiger partial charge is 0.176 e. The topological polar surface area (TPSA) is 20.3 Å². The number of carbonyl (C=O) groups excluding carboxylic acids is 1. The Hall–Kier alpha value is -1.15. The number of fused-ring (bicyclic) bond motifs is 1. The molecule has 1 aromatic rings. The highest BCUT2D eigenvalue weighted by Gasteiger charge is 2.23. The van der Waals surface area contributed by atoms with Gasteiger partial charge >= 0.3 is 0 Å². The number of hydrogen-bond donors (Lipinski definition) is 0. The minimum atomic E-state index is 0.290. The molecule has 1 fully saturated rings. The minimum Gasteiger partial charge on any atom is -0.293 e. The lowest BCUT2D eigenvalue weighted by molar-refractivity contribution is 0.0926. The van der Waals surface area contributed by atoms with Crippen molar-refractivity contribution < 1.29 is 4.79 Å². The zero-order valence-corrected chi connectivity index (χ0v) is 11.1. The maximum Gasteiger partial charge on any atom is 0.176 e. The fourth-order valence-electron chi connectivity index (χ4n) is 3.25. The van der Waals surface area contributed by atoms with E-state index < -0.39 is 0 Å². The molecule has 0 aromatic heterocycles. The van der Waals surface area contributed by atoms with Crippen LogP contribution in [0.1, 0.15) is 47.7 Å². The third-order valence-corrected chi connectivity index (χ3v) is 4.46. The van der Waals surface area contributed by atoms with Crippen molar-refractivity contribution in [1.82, 2.24) is 4.90 Å². The van der Waals surface area contributed by atoms with Gasteiger partial charge in [-0.3, -0.25) is 9.69 Å². The molecule has 0 amide bonds. The summed E-state index contributed by atoms with van der Waals surface area (Å²) in [4.78, 5) is 14.6. The van der Waals surface area contributed by atoms with Crippen LogP contribution in [0.15, 0.2) is 18.2 Å². The number of likely N-dealkylation sites (tertiary alicyclic amines) is 1. The van der Waals surface area contributed by atoms with E-state index in [1.54, 1.807) is 0 Å². The molecule has 2 aliphatic rings. The average Bonchev–Trinajstić information content (AvgIpc) is 2.98. The van der Waals surface area contributed by atoms with Crippen LogP contribution in [-0.2, 0) is 12.8 Å². The molecule has 2 heteroatoms. The summed E-state index contributed by atoms with van der Waals surface area (Å²) in [5, 5.41) is 0. The highest BCUT2D eigenvalue weighted by Crippen LogP contribution is 2.23. The van der Waals surface area contributed by atoms with E-state index in [1.807, 2.05) is 6.07 Å². The molecule has 1 atom stereocenters. The molecule has 0 bridgehead atoms. The summed E-state index contributed by atoms with van der Waals surface area (Å²) in [5.74, 6) is 0.290. The predicted octanol–water partition coefficient (Wildman–Crippen LogP) is 2.84. The molecule has 0 spiro atoms. The van der Waals surface area contributed by atoms with Gasteiger partial charge in [-0.05, 0) is 62.8 Å². The molecule has 0 radical (unpaired) electrons. The van der Waals surface area contributed by atoms with Gasteiger partial charge in [-0.15, -0.1) is 0 Å². The average molecular weight is 243 g/mol. The van der Waals surface area contributed by atoms with E-state index in [9.17, 15) is 4.79 Å². The molecule has 96 valence electrons. The molecule has 1 aliphatic carbocycles. The van der Waals surface area contributed by atoms with Crippen molar-refractivity contribution >= 4 is 5.78 Å². The first-order chi connectivity index (χ1) is 8.74. The monoisotopic (exact) mass is 243 g/mol. The molecule has 0 saturated carbocycles. The van der Waals surface area contributed by atoms with Crippen LogP contribution in [0.4, 0.5) is 0 Å². The molecule has 1 aromatic carbocycles. The van der Waals surface area contributed by atoms with Crippen LogP contribution in [-0.4, -0.2) is 29.8 Å². The molecule has 3 rings (SSSR count). The van der Waals surface area contributed by atoms with Gasteiger partial charge in [-0.25, -0.2) is 0 Å². The Labute approximate surface area is 109 Å². The lowest BCUT2D eigenvalue weighted by atomic mass is 10.0. The Balaban J connectivity index is 1.72. The second kappa shape index (κ2) is 4.85. The number of Topliss-reactive ketones (excluding diaryl/α,β-unsaturated/α-hetero) is 1. The molecule has 1 heterocycles. The summed E-state index contributed by atoms with van der Waals surface area (Å²) < 4.78 is 0. The zero-order chi connectivity index (χ0) is 12.5. The standard InChI is InChI=1S/C16H21NO/c1-12-4-3-9-17(12)11-16(18)15-8-7-13-5-2-6-14(13)10-15/h7-8,10,12H,2-6,9,11H2,1H3. The molecule has 18 heavy (non-hydrogen) atoms. The van der Waals surface area contributed by atoms with Crippen molar-refractivity contribution in [3.8, 4) is 0 Å². The highest BCUT2D eigenvalue weighted by atomic mass is 16.1. The first-order valence-electron chi connectivity index (χ1n) is 7.13. The van der Waals surface area contributed by atoms with Gasteiger partial charge < -0.3 is 0 Å². The first kappa shape index (κ1) is 11.9. The molecule has 1 saturated heterocycles. The van der Waals surface area contributed by atoms with Crippen molar-refractivity contribution in [3.05, 3.63) is 34.9 Å². The van der Waals surface area contributed by atoms with Crippen LogP contribution in [0.5, 0.6) is 0 Å². The predicted molar refractivity (Wildman–Crippen MR) is 73.1 cm³/mol. The summed E-state index contributed by atoms with van der Waals surface area (Å²) in [5.41, 5.74) is 3.76. The first-order valence-corrected chi connectivity index (χ1v) is 7.13. The SMILES string of the molecule is CC1CCCN1CC(=O)c1ccc2c(c1)CCC2. The summed E-state index contributed by atoms with van der Waals surface area (Å²) in [6.07, 6.45) is 6.05. The van der Waals surface area contributed by atoms with Gasteiger partial charge in [0.15, 0.2) is 5.78 Å². The third kappa shape index (κ3) is 2.22. The van der Waals surface area contributed by atoms with E-state index in [-0.39, 0.29) is 0 Å². The van der Waals surface area contributed by atoms with Crippen LogP contribution >= 0.6 is 0 Å². The van der Waals surface area contributed by atoms with Gasteiger partial charge in [0.2, 0.25) is 0 Å². The second-order valence-corrected chi connectivity index (χ2v) is 5.72. The Kier molecular flexibility index (Phi) is 3.21.